The van der Waals surface area contributed by atoms with Crippen LogP contribution in [0.25, 0.3) is 0 Å². The highest BCUT2D eigenvalue weighted by Gasteiger charge is 2.47. The third-order valence-electron chi connectivity index (χ3n) is 5.51. The summed E-state index contributed by atoms with van der Waals surface area (Å²) in [4.78, 5) is 46.9. The highest BCUT2D eigenvalue weighted by atomic mass is 16.4. The van der Waals surface area contributed by atoms with Crippen molar-refractivity contribution in [1.29, 1.82) is 0 Å². The number of hydrogen-bond donors (Lipinski definition) is 4. The van der Waals surface area contributed by atoms with E-state index in [1.54, 1.807) is 12.1 Å². The van der Waals surface area contributed by atoms with Crippen LogP contribution in [0, 0.1) is 11.8 Å². The lowest BCUT2D eigenvalue weighted by Crippen LogP contribution is -2.38. The molecule has 0 aromatic heterocycles. The molecular formula is C18H18O8. The largest absolute Gasteiger partial charge is 0.481 e. The van der Waals surface area contributed by atoms with Gasteiger partial charge in [-0.25, -0.2) is 0 Å². The Balaban J connectivity index is 2.28. The summed E-state index contributed by atoms with van der Waals surface area (Å²) in [5.41, 5.74) is 1.55. The first-order valence-corrected chi connectivity index (χ1v) is 8.29. The Labute approximate surface area is 148 Å². The minimum Gasteiger partial charge on any atom is -0.481 e. The van der Waals surface area contributed by atoms with Gasteiger partial charge in [0.1, 0.15) is 0 Å². The van der Waals surface area contributed by atoms with E-state index in [0.29, 0.717) is 24.0 Å². The molecule has 8 nitrogen and oxygen atoms in total. The molecule has 4 atom stereocenters. The van der Waals surface area contributed by atoms with Gasteiger partial charge in [0.15, 0.2) is 0 Å². The lowest BCUT2D eigenvalue weighted by atomic mass is 9.65. The molecule has 0 spiro atoms. The molecule has 2 aliphatic rings. The predicted molar refractivity (Wildman–Crippen MR) is 86.1 cm³/mol. The van der Waals surface area contributed by atoms with Crippen molar-refractivity contribution in [2.24, 2.45) is 11.8 Å². The van der Waals surface area contributed by atoms with Crippen LogP contribution in [0.2, 0.25) is 0 Å². The molecule has 0 radical (unpaired) electrons. The van der Waals surface area contributed by atoms with E-state index in [0.717, 1.165) is 0 Å². The highest BCUT2D eigenvalue weighted by Crippen LogP contribution is 2.47. The number of hydrogen-bond acceptors (Lipinski definition) is 4. The zero-order valence-electron chi connectivity index (χ0n) is 13.7. The van der Waals surface area contributed by atoms with Gasteiger partial charge < -0.3 is 20.4 Å². The van der Waals surface area contributed by atoms with Crippen molar-refractivity contribution < 1.29 is 39.6 Å². The molecule has 4 unspecified atom stereocenters. The Morgan fingerprint density at radius 1 is 0.654 bits per heavy atom. The fourth-order valence-electron chi connectivity index (χ4n) is 4.38. The van der Waals surface area contributed by atoms with Crippen molar-refractivity contribution in [2.45, 2.75) is 37.5 Å². The summed E-state index contributed by atoms with van der Waals surface area (Å²) in [6.45, 7) is 0. The number of benzene rings is 1. The van der Waals surface area contributed by atoms with E-state index in [1.165, 1.54) is 0 Å². The van der Waals surface area contributed by atoms with E-state index in [1.807, 2.05) is 0 Å². The summed E-state index contributed by atoms with van der Waals surface area (Å²) in [6, 6.07) is 3.42. The Hall–Kier alpha value is -2.90. The molecule has 8 heteroatoms. The first-order valence-electron chi connectivity index (χ1n) is 8.29. The van der Waals surface area contributed by atoms with Crippen LogP contribution in [-0.2, 0) is 32.0 Å². The van der Waals surface area contributed by atoms with Crippen molar-refractivity contribution in [2.75, 3.05) is 0 Å². The van der Waals surface area contributed by atoms with Crippen molar-refractivity contribution >= 4 is 23.9 Å². The second kappa shape index (κ2) is 6.44. The minimum atomic E-state index is -1.39. The first-order chi connectivity index (χ1) is 12.2. The number of aliphatic carboxylic acids is 4. The molecule has 3 rings (SSSR count). The Morgan fingerprint density at radius 2 is 1.00 bits per heavy atom. The molecule has 1 aromatic rings. The number of aryl methyl sites for hydroxylation is 2. The molecule has 0 heterocycles. The Bertz CT molecular complexity index is 745. The average molecular weight is 362 g/mol. The molecule has 26 heavy (non-hydrogen) atoms. The SMILES string of the molecule is O=C(O)C1CCc2ccc3c(c2C1C(=O)O)C(C(=O)O)C(C(=O)O)CC3. The van der Waals surface area contributed by atoms with Gasteiger partial charge in [0, 0.05) is 0 Å². The van der Waals surface area contributed by atoms with Crippen LogP contribution in [-0.4, -0.2) is 44.3 Å². The average Bonchev–Trinajstić information content (AvgIpc) is 2.58. The third kappa shape index (κ3) is 2.71. The third-order valence-corrected chi connectivity index (χ3v) is 5.51. The van der Waals surface area contributed by atoms with E-state index >= 15 is 0 Å². The van der Waals surface area contributed by atoms with E-state index < -0.39 is 47.5 Å². The van der Waals surface area contributed by atoms with Crippen LogP contribution in [0.3, 0.4) is 0 Å². The normalized spacial score (nSPS) is 27.1. The number of carboxylic acid groups (broad SMARTS) is 4. The summed E-state index contributed by atoms with van der Waals surface area (Å²) in [5, 5.41) is 38.2. The van der Waals surface area contributed by atoms with Crippen molar-refractivity contribution in [3.8, 4) is 0 Å². The maximum atomic E-state index is 11.9. The zero-order valence-corrected chi connectivity index (χ0v) is 13.7. The van der Waals surface area contributed by atoms with Gasteiger partial charge in [-0.2, -0.15) is 0 Å². The number of carbonyl (C=O) groups is 4. The van der Waals surface area contributed by atoms with Gasteiger partial charge in [-0.05, 0) is 47.9 Å². The van der Waals surface area contributed by atoms with Gasteiger partial charge in [-0.1, -0.05) is 12.1 Å². The second-order valence-electron chi connectivity index (χ2n) is 6.81. The van der Waals surface area contributed by atoms with Gasteiger partial charge in [-0.15, -0.1) is 0 Å². The zero-order chi connectivity index (χ0) is 19.2. The van der Waals surface area contributed by atoms with Gasteiger partial charge in [0.2, 0.25) is 0 Å². The Kier molecular flexibility index (Phi) is 4.43. The number of rotatable bonds is 4. The van der Waals surface area contributed by atoms with Crippen LogP contribution in [0.1, 0.15) is 46.9 Å². The van der Waals surface area contributed by atoms with Crippen molar-refractivity contribution in [1.82, 2.24) is 0 Å². The molecule has 0 fully saturated rings. The van der Waals surface area contributed by atoms with E-state index in [9.17, 15) is 39.6 Å². The van der Waals surface area contributed by atoms with Gasteiger partial charge in [-0.3, -0.25) is 19.2 Å². The lowest BCUT2D eigenvalue weighted by Gasteiger charge is -2.36. The van der Waals surface area contributed by atoms with Crippen LogP contribution < -0.4 is 0 Å². The number of carboxylic acids is 4. The minimum absolute atomic E-state index is 0.137. The van der Waals surface area contributed by atoms with Crippen molar-refractivity contribution in [3.63, 3.8) is 0 Å². The van der Waals surface area contributed by atoms with Crippen LogP contribution in [0.15, 0.2) is 12.1 Å². The second-order valence-corrected chi connectivity index (χ2v) is 6.81. The van der Waals surface area contributed by atoms with Crippen LogP contribution in [0.4, 0.5) is 0 Å². The van der Waals surface area contributed by atoms with Crippen LogP contribution in [0.5, 0.6) is 0 Å². The van der Waals surface area contributed by atoms with E-state index in [2.05, 4.69) is 0 Å². The molecule has 0 aliphatic heterocycles. The monoisotopic (exact) mass is 362 g/mol. The smallest absolute Gasteiger partial charge is 0.311 e. The first kappa shape index (κ1) is 17.9. The number of fused-ring (bicyclic) bond motifs is 3. The Morgan fingerprint density at radius 3 is 1.27 bits per heavy atom. The van der Waals surface area contributed by atoms with Gasteiger partial charge in [0.05, 0.1) is 23.7 Å². The summed E-state index contributed by atoms with van der Waals surface area (Å²) in [6.07, 6.45) is 0.900. The summed E-state index contributed by atoms with van der Waals surface area (Å²) in [5.74, 6) is -10.3. The lowest BCUT2D eigenvalue weighted by molar-refractivity contribution is -0.151. The van der Waals surface area contributed by atoms with Gasteiger partial charge >= 0.3 is 23.9 Å². The van der Waals surface area contributed by atoms with Crippen molar-refractivity contribution in [3.05, 3.63) is 34.4 Å². The standard InChI is InChI=1S/C18H18O8/c19-15(20)9-5-3-7-1-2-8-4-6-10(16(21)22)14(18(25)26)12(8)11(7)13(9)17(23)24/h1-2,9-10,13-14H,3-6H2,(H,19,20)(H,21,22)(H,23,24)(H,25,26). The molecule has 4 N–H and O–H groups in total. The summed E-state index contributed by atoms with van der Waals surface area (Å²) < 4.78 is 0. The molecule has 0 saturated carbocycles. The fraction of sp³-hybridized carbons (Fsp3) is 0.444. The van der Waals surface area contributed by atoms with Gasteiger partial charge in [0.25, 0.3) is 0 Å². The highest BCUT2D eigenvalue weighted by molar-refractivity contribution is 5.90. The van der Waals surface area contributed by atoms with E-state index in [-0.39, 0.29) is 24.0 Å². The predicted octanol–water partition coefficient (Wildman–Crippen LogP) is 1.32. The summed E-state index contributed by atoms with van der Waals surface area (Å²) >= 11 is 0. The maximum absolute atomic E-state index is 11.9. The van der Waals surface area contributed by atoms with Crippen LogP contribution >= 0.6 is 0 Å². The summed E-state index contributed by atoms with van der Waals surface area (Å²) in [7, 11) is 0. The molecular weight excluding hydrogens is 344 g/mol. The molecule has 0 saturated heterocycles. The fourth-order valence-corrected chi connectivity index (χ4v) is 4.38. The quantitative estimate of drug-likeness (QED) is 0.626. The van der Waals surface area contributed by atoms with E-state index in [4.69, 9.17) is 0 Å². The topological polar surface area (TPSA) is 149 Å². The molecule has 0 amide bonds. The molecule has 2 aliphatic carbocycles. The molecule has 138 valence electrons. The maximum Gasteiger partial charge on any atom is 0.311 e. The molecule has 0 bridgehead atoms. The molecule has 1 aromatic carbocycles.